The lowest BCUT2D eigenvalue weighted by Crippen LogP contribution is -2.51. The zero-order valence-corrected chi connectivity index (χ0v) is 27.1. The zero-order valence-electron chi connectivity index (χ0n) is 26.3. The Bertz CT molecular complexity index is 1820. The number of rotatable bonds is 5. The molecular weight excluding hydrogens is 618 g/mol. The highest BCUT2D eigenvalue weighted by molar-refractivity contribution is 6.31. The maximum absolute atomic E-state index is 13.7. The van der Waals surface area contributed by atoms with Gasteiger partial charge in [-0.05, 0) is 88.1 Å². The second-order valence-corrected chi connectivity index (χ2v) is 12.5. The Morgan fingerprint density at radius 3 is 2.55 bits per heavy atom. The average Bonchev–Trinajstić information content (AvgIpc) is 3.52. The predicted molar refractivity (Wildman–Crippen MR) is 181 cm³/mol. The highest BCUT2D eigenvalue weighted by Gasteiger charge is 2.35. The van der Waals surface area contributed by atoms with Gasteiger partial charge in [-0.3, -0.25) is 9.89 Å². The molecule has 1 unspecified atom stereocenters. The molecule has 1 aliphatic heterocycles. The van der Waals surface area contributed by atoms with E-state index in [4.69, 9.17) is 16.3 Å². The molecule has 1 fully saturated rings. The molecule has 4 aromatic rings. The quantitative estimate of drug-likeness (QED) is 0.107. The van der Waals surface area contributed by atoms with Crippen molar-refractivity contribution >= 4 is 35.1 Å². The number of aromatic amines is 1. The summed E-state index contributed by atoms with van der Waals surface area (Å²) in [5.41, 5.74) is 2.64. The largest absolute Gasteiger partial charge is 0.507 e. The number of hydrogen-bond donors (Lipinski definition) is 4. The molecule has 2 amide bonds. The molecule has 0 spiro atoms. The predicted octanol–water partition coefficient (Wildman–Crippen LogP) is 6.70. The zero-order chi connectivity index (χ0) is 33.6. The van der Waals surface area contributed by atoms with Crippen LogP contribution in [0.4, 0.5) is 10.5 Å². The van der Waals surface area contributed by atoms with Gasteiger partial charge in [0, 0.05) is 28.4 Å². The molecule has 10 nitrogen and oxygen atoms in total. The van der Waals surface area contributed by atoms with Crippen LogP contribution in [0.5, 0.6) is 5.75 Å². The molecule has 4 N–H and O–H groups in total. The second-order valence-electron chi connectivity index (χ2n) is 12.1. The standard InChI is InChI=1S/C36H36ClN5O5/c1-36(2,3)47-35(46)40-33(32(44)24-9-5-4-6-10-24)42-20-8-7-11-29(42)34(45)39-27-17-13-23(14-18-27)12-15-25-22-38-41-31(25)28-21-26(37)16-19-30(28)43/h4-6,9-10,13-14,16-19,21-22,29,32,43-44H,7-8,11,20H2,1-3H3,(H,38,41)(H,39,45)/t29-,32?/m1/s1. The third kappa shape index (κ3) is 8.58. The van der Waals surface area contributed by atoms with Crippen LogP contribution in [0, 0.1) is 11.8 Å². The number of aromatic hydroxyl groups is 1. The van der Waals surface area contributed by atoms with Crippen molar-refractivity contribution < 1.29 is 24.5 Å². The number of piperidine rings is 1. The van der Waals surface area contributed by atoms with Crippen LogP contribution in [0.2, 0.25) is 5.02 Å². The Balaban J connectivity index is 1.33. The molecule has 0 bridgehead atoms. The summed E-state index contributed by atoms with van der Waals surface area (Å²) in [5, 5.41) is 32.0. The van der Waals surface area contributed by atoms with Gasteiger partial charge in [0.1, 0.15) is 29.3 Å². The Morgan fingerprint density at radius 2 is 1.83 bits per heavy atom. The van der Waals surface area contributed by atoms with Gasteiger partial charge < -0.3 is 25.2 Å². The number of phenols is 1. The van der Waals surface area contributed by atoms with Crippen molar-refractivity contribution in [2.45, 2.75) is 57.8 Å². The molecular formula is C36H36ClN5O5. The number of aliphatic hydroxyl groups excluding tert-OH is 1. The molecule has 0 saturated carbocycles. The first-order valence-corrected chi connectivity index (χ1v) is 15.6. The number of benzene rings is 3. The number of hydrogen-bond acceptors (Lipinski definition) is 6. The lowest BCUT2D eigenvalue weighted by Gasteiger charge is -2.38. The first-order chi connectivity index (χ1) is 22.5. The normalized spacial score (nSPS) is 15.7. The van der Waals surface area contributed by atoms with Crippen LogP contribution < -0.4 is 5.32 Å². The summed E-state index contributed by atoms with van der Waals surface area (Å²) >= 11 is 6.11. The molecule has 2 heterocycles. The van der Waals surface area contributed by atoms with E-state index in [-0.39, 0.29) is 17.5 Å². The lowest BCUT2D eigenvalue weighted by atomic mass is 9.98. The van der Waals surface area contributed by atoms with Gasteiger partial charge in [0.15, 0.2) is 0 Å². The molecule has 1 aromatic heterocycles. The van der Waals surface area contributed by atoms with E-state index in [2.05, 4.69) is 32.3 Å². The number of anilines is 1. The fourth-order valence-corrected chi connectivity index (χ4v) is 5.39. The maximum Gasteiger partial charge on any atom is 0.435 e. The van der Waals surface area contributed by atoms with Crippen molar-refractivity contribution in [3.8, 4) is 28.8 Å². The molecule has 0 aliphatic carbocycles. The van der Waals surface area contributed by atoms with Crippen LogP contribution in [0.3, 0.4) is 0 Å². The van der Waals surface area contributed by atoms with Crippen LogP contribution in [-0.4, -0.2) is 61.3 Å². The molecule has 242 valence electrons. The minimum Gasteiger partial charge on any atom is -0.507 e. The number of nitrogens with zero attached hydrogens (tertiary/aromatic N) is 3. The fraction of sp³-hybridized carbons (Fsp3) is 0.278. The van der Waals surface area contributed by atoms with E-state index in [1.807, 2.05) is 6.07 Å². The van der Waals surface area contributed by atoms with Crippen LogP contribution in [-0.2, 0) is 9.53 Å². The molecule has 2 atom stereocenters. The molecule has 0 radical (unpaired) electrons. The number of halogens is 1. The van der Waals surface area contributed by atoms with E-state index in [9.17, 15) is 19.8 Å². The fourth-order valence-electron chi connectivity index (χ4n) is 5.22. The van der Waals surface area contributed by atoms with Gasteiger partial charge in [-0.1, -0.05) is 53.8 Å². The summed E-state index contributed by atoms with van der Waals surface area (Å²) < 4.78 is 5.43. The maximum atomic E-state index is 13.7. The van der Waals surface area contributed by atoms with Gasteiger partial charge in [0.05, 0.1) is 17.5 Å². The summed E-state index contributed by atoms with van der Waals surface area (Å²) in [6.07, 6.45) is 1.57. The smallest absolute Gasteiger partial charge is 0.435 e. The number of ether oxygens (including phenoxy) is 1. The van der Waals surface area contributed by atoms with E-state index in [1.54, 1.807) is 92.5 Å². The summed E-state index contributed by atoms with van der Waals surface area (Å²) in [6, 6.07) is 20.0. The first kappa shape index (κ1) is 33.3. The highest BCUT2D eigenvalue weighted by atomic mass is 35.5. The molecule has 47 heavy (non-hydrogen) atoms. The summed E-state index contributed by atoms with van der Waals surface area (Å²) in [5.74, 6) is 5.99. The SMILES string of the molecule is CC(C)(C)OC(=O)N=C(C(O)c1ccccc1)N1CCCC[C@@H]1C(=O)Nc1ccc(C#Cc2cn[nH]c2-c2cc(Cl)ccc2O)cc1. The second kappa shape index (κ2) is 14.5. The number of amidine groups is 1. The van der Waals surface area contributed by atoms with Crippen molar-refractivity contribution in [2.24, 2.45) is 4.99 Å². The number of carbonyl (C=O) groups excluding carboxylic acids is 2. The Labute approximate surface area is 278 Å². The summed E-state index contributed by atoms with van der Waals surface area (Å²) in [4.78, 5) is 32.4. The number of aliphatic hydroxyl groups is 1. The Kier molecular flexibility index (Phi) is 10.3. The minimum absolute atomic E-state index is 0.0520. The first-order valence-electron chi connectivity index (χ1n) is 15.2. The summed E-state index contributed by atoms with van der Waals surface area (Å²) in [6.45, 7) is 5.65. The Hall–Kier alpha value is -5.11. The van der Waals surface area contributed by atoms with Crippen LogP contribution in [0.25, 0.3) is 11.3 Å². The molecule has 5 rings (SSSR count). The van der Waals surface area contributed by atoms with Gasteiger partial charge in [-0.2, -0.15) is 10.1 Å². The highest BCUT2D eigenvalue weighted by Crippen LogP contribution is 2.32. The number of nitrogens with one attached hydrogen (secondary N) is 2. The van der Waals surface area contributed by atoms with E-state index in [0.717, 1.165) is 12.8 Å². The van der Waals surface area contributed by atoms with Crippen molar-refractivity contribution in [3.05, 3.63) is 101 Å². The number of H-pyrrole nitrogens is 1. The van der Waals surface area contributed by atoms with Crippen molar-refractivity contribution in [2.75, 3.05) is 11.9 Å². The number of likely N-dealkylation sites (tertiary alicyclic amines) is 1. The Morgan fingerprint density at radius 1 is 1.09 bits per heavy atom. The monoisotopic (exact) mass is 653 g/mol. The lowest BCUT2D eigenvalue weighted by molar-refractivity contribution is -0.121. The van der Waals surface area contributed by atoms with Gasteiger partial charge in [-0.15, -0.1) is 0 Å². The average molecular weight is 654 g/mol. The molecule has 1 saturated heterocycles. The van der Waals surface area contributed by atoms with Crippen molar-refractivity contribution in [3.63, 3.8) is 0 Å². The van der Waals surface area contributed by atoms with Crippen LogP contribution in [0.1, 0.15) is 62.8 Å². The van der Waals surface area contributed by atoms with E-state index < -0.39 is 23.8 Å². The van der Waals surface area contributed by atoms with E-state index in [1.165, 1.54) is 6.07 Å². The van der Waals surface area contributed by atoms with Crippen molar-refractivity contribution in [1.29, 1.82) is 0 Å². The van der Waals surface area contributed by atoms with Gasteiger partial charge >= 0.3 is 6.09 Å². The van der Waals surface area contributed by atoms with Crippen molar-refractivity contribution in [1.82, 2.24) is 15.1 Å². The number of aliphatic imine (C=N–C) groups is 1. The number of amides is 2. The number of phenolic OH excluding ortho intramolecular Hbond substituents is 1. The van der Waals surface area contributed by atoms with Crippen LogP contribution in [0.15, 0.2) is 84.0 Å². The third-order valence-corrected chi connectivity index (χ3v) is 7.66. The third-order valence-electron chi connectivity index (χ3n) is 7.42. The minimum atomic E-state index is -1.24. The van der Waals surface area contributed by atoms with Gasteiger partial charge in [0.2, 0.25) is 5.91 Å². The topological polar surface area (TPSA) is 140 Å². The molecule has 3 aromatic carbocycles. The van der Waals surface area contributed by atoms with E-state index >= 15 is 0 Å². The van der Waals surface area contributed by atoms with Crippen LogP contribution >= 0.6 is 11.6 Å². The van der Waals surface area contributed by atoms with E-state index in [0.29, 0.717) is 51.6 Å². The number of carbonyl (C=O) groups is 2. The van der Waals surface area contributed by atoms with Gasteiger partial charge in [0.25, 0.3) is 0 Å². The molecule has 11 heteroatoms. The number of aromatic nitrogens is 2. The summed E-state index contributed by atoms with van der Waals surface area (Å²) in [7, 11) is 0. The molecule has 1 aliphatic rings. The van der Waals surface area contributed by atoms with Gasteiger partial charge in [-0.25, -0.2) is 4.79 Å².